The summed E-state index contributed by atoms with van der Waals surface area (Å²) in [5.41, 5.74) is 13.6. The van der Waals surface area contributed by atoms with Crippen LogP contribution in [0.5, 0.6) is 5.75 Å². The number of oxazole rings is 1. The van der Waals surface area contributed by atoms with E-state index in [1.165, 1.54) is 5.56 Å². The second-order valence-electron chi connectivity index (χ2n) is 17.2. The molecule has 0 bridgehead atoms. The number of aromatic nitrogens is 2. The zero-order chi connectivity index (χ0) is 40.9. The summed E-state index contributed by atoms with van der Waals surface area (Å²) in [4.78, 5) is 12.4. The van der Waals surface area contributed by atoms with Crippen LogP contribution in [0.2, 0.25) is 0 Å². The van der Waals surface area contributed by atoms with Gasteiger partial charge in [-0.2, -0.15) is 0 Å². The van der Waals surface area contributed by atoms with E-state index in [0.29, 0.717) is 22.6 Å². The molecule has 300 valence electrons. The number of fused-ring (bicyclic) bond motifs is 2. The van der Waals surface area contributed by atoms with Gasteiger partial charge in [0.15, 0.2) is 0 Å². The van der Waals surface area contributed by atoms with Gasteiger partial charge in [-0.05, 0) is 81.6 Å². The van der Waals surface area contributed by atoms with Crippen LogP contribution < -0.4 is 4.90 Å². The van der Waals surface area contributed by atoms with Crippen LogP contribution in [0.25, 0.3) is 66.8 Å². The van der Waals surface area contributed by atoms with Crippen LogP contribution in [0.1, 0.15) is 52.7 Å². The number of phenolic OH excluding ortho intramolecular Hbond substituents is 1. The Labute approximate surface area is 366 Å². The summed E-state index contributed by atoms with van der Waals surface area (Å²) >= 11 is 0. The summed E-state index contributed by atoms with van der Waals surface area (Å²) in [6.45, 7) is 13.2. The standard InChI is InChI=1S/C54H46N3O2.Pt/c1-53(2,3)38-25-26-48(58)47(30-38)52-56-51-45(33-42(34-49(51)59-52)57(40-21-12-8-13-22-40)41-23-14-9-15-24-41)37-20-16-19-36(29-37)44-31-39(54(4,5)6)32-46-43(27-28-55-50(44)46)35-17-10-7-11-18-35;/h7-28,30-34,58H,1-6H3;/q-1;. The average Bonchev–Trinajstić information content (AvgIpc) is 3.67. The Morgan fingerprint density at radius 3 is 1.73 bits per heavy atom. The number of nitrogens with zero attached hydrogens (tertiary/aromatic N) is 3. The molecule has 2 heterocycles. The molecule has 0 saturated carbocycles. The largest absolute Gasteiger partial charge is 0.507 e. The molecule has 6 heteroatoms. The summed E-state index contributed by atoms with van der Waals surface area (Å²) in [5, 5.41) is 12.3. The molecule has 0 spiro atoms. The van der Waals surface area contributed by atoms with Gasteiger partial charge in [-0.3, -0.25) is 4.98 Å². The second-order valence-corrected chi connectivity index (χ2v) is 17.2. The van der Waals surface area contributed by atoms with Gasteiger partial charge in [-0.25, -0.2) is 4.98 Å². The van der Waals surface area contributed by atoms with E-state index in [0.717, 1.165) is 66.9 Å². The number of benzene rings is 7. The van der Waals surface area contributed by atoms with Crippen molar-refractivity contribution < 1.29 is 30.6 Å². The Morgan fingerprint density at radius 1 is 0.533 bits per heavy atom. The SMILES string of the molecule is CC(C)(C)c1ccc(O)c(-c2nc3c(-c4[c-]c(-c5cc(C(C)(C)C)cc6c(-c7ccccc7)ccnc56)ccc4)cc(N(c4ccccc4)c4ccccc4)cc3o2)c1.[Pt]. The van der Waals surface area contributed by atoms with Gasteiger partial charge in [0.25, 0.3) is 0 Å². The van der Waals surface area contributed by atoms with Gasteiger partial charge in [-0.15, -0.1) is 35.4 Å². The molecular weight excluding hydrogens is 918 g/mol. The minimum atomic E-state index is -0.140. The van der Waals surface area contributed by atoms with E-state index in [9.17, 15) is 5.11 Å². The smallest absolute Gasteiger partial charge is 0.230 e. The first-order valence-electron chi connectivity index (χ1n) is 20.1. The Balaban J connectivity index is 0.00000499. The fourth-order valence-electron chi connectivity index (χ4n) is 7.79. The van der Waals surface area contributed by atoms with E-state index in [-0.39, 0.29) is 37.6 Å². The molecule has 1 N–H and O–H groups in total. The number of anilines is 3. The zero-order valence-electron chi connectivity index (χ0n) is 34.6. The Hall–Kier alpha value is -6.29. The van der Waals surface area contributed by atoms with E-state index in [4.69, 9.17) is 14.4 Å². The molecule has 0 aliphatic rings. The summed E-state index contributed by atoms with van der Waals surface area (Å²) in [7, 11) is 0. The van der Waals surface area contributed by atoms with Crippen molar-refractivity contribution in [3.8, 4) is 50.6 Å². The minimum Gasteiger partial charge on any atom is -0.507 e. The molecule has 0 saturated heterocycles. The molecule has 7 aromatic carbocycles. The normalized spacial score (nSPS) is 11.8. The third-order valence-electron chi connectivity index (χ3n) is 11.0. The molecule has 0 amide bonds. The van der Waals surface area contributed by atoms with Crippen molar-refractivity contribution in [1.29, 1.82) is 0 Å². The quantitative estimate of drug-likeness (QED) is 0.161. The fourth-order valence-corrected chi connectivity index (χ4v) is 7.79. The Bertz CT molecular complexity index is 2930. The van der Waals surface area contributed by atoms with Crippen LogP contribution in [0.15, 0.2) is 168 Å². The molecule has 0 unspecified atom stereocenters. The van der Waals surface area contributed by atoms with Gasteiger partial charge in [0, 0.05) is 61.3 Å². The average molecular weight is 964 g/mol. The maximum Gasteiger partial charge on any atom is 0.230 e. The van der Waals surface area contributed by atoms with Gasteiger partial charge in [0.05, 0.1) is 11.1 Å². The van der Waals surface area contributed by atoms with Gasteiger partial charge < -0.3 is 14.4 Å². The first-order chi connectivity index (χ1) is 28.4. The zero-order valence-corrected chi connectivity index (χ0v) is 36.9. The molecule has 0 fully saturated rings. The fraction of sp³-hybridized carbons (Fsp3) is 0.148. The van der Waals surface area contributed by atoms with Crippen molar-refractivity contribution in [2.24, 2.45) is 0 Å². The third-order valence-corrected chi connectivity index (χ3v) is 11.0. The number of hydrogen-bond donors (Lipinski definition) is 1. The Kier molecular flexibility index (Phi) is 10.8. The van der Waals surface area contributed by atoms with E-state index in [2.05, 4.69) is 144 Å². The van der Waals surface area contributed by atoms with Gasteiger partial charge in [-0.1, -0.05) is 138 Å². The molecule has 0 aliphatic carbocycles. The number of hydrogen-bond acceptors (Lipinski definition) is 5. The van der Waals surface area contributed by atoms with Gasteiger partial charge in [0.1, 0.15) is 11.3 Å². The molecule has 9 aromatic rings. The van der Waals surface area contributed by atoms with E-state index in [1.54, 1.807) is 6.07 Å². The van der Waals surface area contributed by atoms with Crippen LogP contribution in [-0.2, 0) is 31.9 Å². The number of phenols is 1. The van der Waals surface area contributed by atoms with Crippen LogP contribution in [0.4, 0.5) is 17.1 Å². The van der Waals surface area contributed by atoms with Crippen molar-refractivity contribution in [3.63, 3.8) is 0 Å². The van der Waals surface area contributed by atoms with Gasteiger partial charge in [0.2, 0.25) is 5.89 Å². The van der Waals surface area contributed by atoms with Gasteiger partial charge >= 0.3 is 0 Å². The minimum absolute atomic E-state index is 0. The number of pyridine rings is 1. The van der Waals surface area contributed by atoms with E-state index >= 15 is 0 Å². The maximum absolute atomic E-state index is 11.2. The molecule has 0 aliphatic heterocycles. The topological polar surface area (TPSA) is 62.4 Å². The Morgan fingerprint density at radius 2 is 1.12 bits per heavy atom. The predicted octanol–water partition coefficient (Wildman–Crippen LogP) is 14.6. The number of aromatic hydroxyl groups is 1. The molecule has 60 heavy (non-hydrogen) atoms. The summed E-state index contributed by atoms with van der Waals surface area (Å²) in [6, 6.07) is 57.9. The summed E-state index contributed by atoms with van der Waals surface area (Å²) < 4.78 is 6.69. The van der Waals surface area contributed by atoms with Crippen molar-refractivity contribution in [1.82, 2.24) is 9.97 Å². The third kappa shape index (κ3) is 7.78. The summed E-state index contributed by atoms with van der Waals surface area (Å²) in [6.07, 6.45) is 1.91. The molecule has 0 radical (unpaired) electrons. The van der Waals surface area contributed by atoms with Crippen LogP contribution in [-0.4, -0.2) is 15.1 Å². The van der Waals surface area contributed by atoms with Crippen molar-refractivity contribution >= 4 is 39.1 Å². The molecule has 0 atom stereocenters. The first kappa shape index (κ1) is 40.5. The van der Waals surface area contributed by atoms with Crippen molar-refractivity contribution in [2.75, 3.05) is 4.90 Å². The second kappa shape index (κ2) is 16.0. The maximum atomic E-state index is 11.2. The molecular formula is C54H46N3O2Pt-. The summed E-state index contributed by atoms with van der Waals surface area (Å²) in [5.74, 6) is 0.466. The molecule has 2 aromatic heterocycles. The van der Waals surface area contributed by atoms with Crippen LogP contribution >= 0.6 is 0 Å². The number of para-hydroxylation sites is 2. The molecule has 5 nitrogen and oxygen atoms in total. The van der Waals surface area contributed by atoms with Crippen molar-refractivity contribution in [2.45, 2.75) is 52.4 Å². The van der Waals surface area contributed by atoms with Crippen molar-refractivity contribution in [3.05, 3.63) is 181 Å². The predicted molar refractivity (Wildman–Crippen MR) is 244 cm³/mol. The monoisotopic (exact) mass is 963 g/mol. The van der Waals surface area contributed by atoms with Crippen LogP contribution in [0, 0.1) is 6.07 Å². The van der Waals surface area contributed by atoms with E-state index < -0.39 is 0 Å². The first-order valence-corrected chi connectivity index (χ1v) is 20.1. The van der Waals surface area contributed by atoms with Crippen LogP contribution in [0.3, 0.4) is 0 Å². The van der Waals surface area contributed by atoms with E-state index in [1.807, 2.05) is 66.9 Å². The number of rotatable bonds is 7. The molecule has 9 rings (SSSR count).